The Kier molecular flexibility index (Phi) is 6.71. The lowest BCUT2D eigenvalue weighted by Gasteiger charge is -2.36. The first-order valence-electron chi connectivity index (χ1n) is 9.23. The maximum Gasteiger partial charge on any atom is 0.322 e. The number of methoxy groups -OCH3 is 1. The van der Waals surface area contributed by atoms with E-state index in [0.717, 1.165) is 5.69 Å². The Morgan fingerprint density at radius 1 is 1.07 bits per heavy atom. The second-order valence-corrected chi connectivity index (χ2v) is 6.37. The Hall–Kier alpha value is -3.24. The highest BCUT2D eigenvalue weighted by molar-refractivity contribution is 5.91. The van der Waals surface area contributed by atoms with Crippen LogP contribution in [0.25, 0.3) is 0 Å². The van der Waals surface area contributed by atoms with Gasteiger partial charge in [-0.3, -0.25) is 0 Å². The number of nitrogens with zero attached hydrogens (tertiary/aromatic N) is 3. The first-order chi connectivity index (χ1) is 13.7. The van der Waals surface area contributed by atoms with Gasteiger partial charge in [0.05, 0.1) is 23.5 Å². The molecule has 2 aromatic carbocycles. The minimum atomic E-state index is -0.156. The van der Waals surface area contributed by atoms with E-state index in [1.165, 1.54) is 0 Å². The van der Waals surface area contributed by atoms with Crippen LogP contribution < -0.4 is 15.0 Å². The zero-order valence-electron chi connectivity index (χ0n) is 15.9. The van der Waals surface area contributed by atoms with Gasteiger partial charge in [-0.1, -0.05) is 24.3 Å². The maximum absolute atomic E-state index is 12.7. The molecule has 7 nitrogen and oxygen atoms in total. The topological polar surface area (TPSA) is 77.8 Å². The molecule has 0 atom stereocenters. The van der Waals surface area contributed by atoms with Crippen molar-refractivity contribution in [3.8, 4) is 11.8 Å². The molecule has 1 aliphatic rings. The largest absolute Gasteiger partial charge is 0.489 e. The molecule has 28 heavy (non-hydrogen) atoms. The van der Waals surface area contributed by atoms with E-state index in [1.54, 1.807) is 12.0 Å². The number of hydrogen-bond donors (Lipinski definition) is 1. The number of rotatable bonds is 6. The van der Waals surface area contributed by atoms with Crippen molar-refractivity contribution in [3.63, 3.8) is 0 Å². The molecule has 0 spiro atoms. The number of urea groups is 1. The number of nitriles is 1. The Morgan fingerprint density at radius 3 is 2.54 bits per heavy atom. The van der Waals surface area contributed by atoms with Gasteiger partial charge in [0.25, 0.3) is 0 Å². The minimum Gasteiger partial charge on any atom is -0.489 e. The highest BCUT2D eigenvalue weighted by Gasteiger charge is 2.23. The molecule has 0 bridgehead atoms. The van der Waals surface area contributed by atoms with Gasteiger partial charge >= 0.3 is 6.03 Å². The fraction of sp³-hybridized carbons (Fsp3) is 0.333. The summed E-state index contributed by atoms with van der Waals surface area (Å²) < 4.78 is 10.7. The summed E-state index contributed by atoms with van der Waals surface area (Å²) in [4.78, 5) is 16.6. The van der Waals surface area contributed by atoms with Gasteiger partial charge in [0.2, 0.25) is 0 Å². The molecule has 1 fully saturated rings. The molecule has 2 amide bonds. The predicted molar refractivity (Wildman–Crippen MR) is 108 cm³/mol. The summed E-state index contributed by atoms with van der Waals surface area (Å²) in [5.74, 6) is 0.620. The van der Waals surface area contributed by atoms with Crippen LogP contribution in [0.5, 0.6) is 5.75 Å². The van der Waals surface area contributed by atoms with Crippen LogP contribution in [0.2, 0.25) is 0 Å². The Morgan fingerprint density at radius 2 is 1.79 bits per heavy atom. The number of para-hydroxylation sites is 3. The molecule has 1 N–H and O–H groups in total. The van der Waals surface area contributed by atoms with Gasteiger partial charge in [0.15, 0.2) is 0 Å². The highest BCUT2D eigenvalue weighted by atomic mass is 16.5. The van der Waals surface area contributed by atoms with E-state index in [9.17, 15) is 10.1 Å². The van der Waals surface area contributed by atoms with Gasteiger partial charge in [-0.25, -0.2) is 4.79 Å². The molecule has 1 aliphatic heterocycles. The van der Waals surface area contributed by atoms with Gasteiger partial charge in [-0.2, -0.15) is 5.26 Å². The Bertz CT molecular complexity index is 842. The number of ether oxygens (including phenoxy) is 2. The van der Waals surface area contributed by atoms with E-state index >= 15 is 0 Å². The quantitative estimate of drug-likeness (QED) is 0.780. The molecule has 0 aliphatic carbocycles. The molecule has 2 aromatic rings. The Labute approximate surface area is 165 Å². The maximum atomic E-state index is 12.7. The number of piperazine rings is 1. The van der Waals surface area contributed by atoms with E-state index in [0.29, 0.717) is 56.4 Å². The van der Waals surface area contributed by atoms with E-state index in [2.05, 4.69) is 16.3 Å². The lowest BCUT2D eigenvalue weighted by atomic mass is 10.1. The van der Waals surface area contributed by atoms with Crippen molar-refractivity contribution in [1.82, 2.24) is 4.90 Å². The summed E-state index contributed by atoms with van der Waals surface area (Å²) in [5.41, 5.74) is 2.21. The van der Waals surface area contributed by atoms with Gasteiger partial charge in [-0.05, 0) is 24.3 Å². The van der Waals surface area contributed by atoms with Crippen LogP contribution >= 0.6 is 0 Å². The number of nitrogens with one attached hydrogen (secondary N) is 1. The Balaban J connectivity index is 1.58. The highest BCUT2D eigenvalue weighted by Crippen LogP contribution is 2.25. The van der Waals surface area contributed by atoms with Crippen molar-refractivity contribution < 1.29 is 14.3 Å². The van der Waals surface area contributed by atoms with Crippen LogP contribution in [0.1, 0.15) is 5.56 Å². The predicted octanol–water partition coefficient (Wildman–Crippen LogP) is 2.94. The molecular weight excluding hydrogens is 356 g/mol. The van der Waals surface area contributed by atoms with Crippen LogP contribution in [-0.4, -0.2) is 57.4 Å². The zero-order valence-corrected chi connectivity index (χ0v) is 15.9. The minimum absolute atomic E-state index is 0.156. The van der Waals surface area contributed by atoms with Crippen LogP contribution in [0.3, 0.4) is 0 Å². The van der Waals surface area contributed by atoms with Gasteiger partial charge in [-0.15, -0.1) is 0 Å². The normalized spacial score (nSPS) is 13.7. The van der Waals surface area contributed by atoms with Crippen LogP contribution in [0.4, 0.5) is 16.2 Å². The molecule has 0 aromatic heterocycles. The number of amides is 2. The van der Waals surface area contributed by atoms with Crippen molar-refractivity contribution in [1.29, 1.82) is 5.26 Å². The number of carbonyl (C=O) groups is 1. The molecular formula is C21H24N4O3. The summed E-state index contributed by atoms with van der Waals surface area (Å²) in [6.07, 6.45) is 0. The summed E-state index contributed by atoms with van der Waals surface area (Å²) in [6.45, 7) is 3.42. The first kappa shape index (κ1) is 19.5. The van der Waals surface area contributed by atoms with Crippen molar-refractivity contribution in [3.05, 3.63) is 54.1 Å². The van der Waals surface area contributed by atoms with E-state index in [-0.39, 0.29) is 6.03 Å². The monoisotopic (exact) mass is 380 g/mol. The van der Waals surface area contributed by atoms with E-state index < -0.39 is 0 Å². The van der Waals surface area contributed by atoms with Gasteiger partial charge in [0, 0.05) is 33.3 Å². The third-order valence-electron chi connectivity index (χ3n) is 4.61. The summed E-state index contributed by atoms with van der Waals surface area (Å²) in [7, 11) is 1.62. The summed E-state index contributed by atoms with van der Waals surface area (Å²) in [6, 6.07) is 17.0. The number of anilines is 2. The molecule has 1 heterocycles. The molecule has 3 rings (SSSR count). The second kappa shape index (κ2) is 9.62. The summed E-state index contributed by atoms with van der Waals surface area (Å²) >= 11 is 0. The molecule has 0 saturated carbocycles. The molecule has 146 valence electrons. The molecule has 0 unspecified atom stereocenters. The first-order valence-corrected chi connectivity index (χ1v) is 9.23. The third-order valence-corrected chi connectivity index (χ3v) is 4.61. The van der Waals surface area contributed by atoms with Crippen LogP contribution in [0, 0.1) is 11.3 Å². The number of hydrogen-bond acceptors (Lipinski definition) is 5. The van der Waals surface area contributed by atoms with Crippen molar-refractivity contribution >= 4 is 17.4 Å². The lowest BCUT2D eigenvalue weighted by Crippen LogP contribution is -2.50. The standard InChI is InChI=1S/C21H24N4O3/c1-27-14-15-28-20-9-5-3-7-18(20)23-21(26)25-12-10-24(11-13-25)19-8-4-2-6-17(19)16-22/h2-9H,10-15H2,1H3,(H,23,26). The number of benzene rings is 2. The van der Waals surface area contributed by atoms with Gasteiger partial charge in [0.1, 0.15) is 18.4 Å². The lowest BCUT2D eigenvalue weighted by molar-refractivity contribution is 0.146. The zero-order chi connectivity index (χ0) is 19.8. The van der Waals surface area contributed by atoms with Crippen molar-refractivity contribution in [2.24, 2.45) is 0 Å². The second-order valence-electron chi connectivity index (χ2n) is 6.37. The number of carbonyl (C=O) groups excluding carboxylic acids is 1. The molecule has 7 heteroatoms. The van der Waals surface area contributed by atoms with Gasteiger partial charge < -0.3 is 24.6 Å². The van der Waals surface area contributed by atoms with E-state index in [4.69, 9.17) is 9.47 Å². The fourth-order valence-electron chi connectivity index (χ4n) is 3.12. The SMILES string of the molecule is COCCOc1ccccc1NC(=O)N1CCN(c2ccccc2C#N)CC1. The summed E-state index contributed by atoms with van der Waals surface area (Å²) in [5, 5.41) is 12.2. The average Bonchev–Trinajstić information content (AvgIpc) is 2.75. The van der Waals surface area contributed by atoms with Crippen LogP contribution in [0.15, 0.2) is 48.5 Å². The van der Waals surface area contributed by atoms with Crippen LogP contribution in [-0.2, 0) is 4.74 Å². The average molecular weight is 380 g/mol. The smallest absolute Gasteiger partial charge is 0.322 e. The van der Waals surface area contributed by atoms with Crippen molar-refractivity contribution in [2.45, 2.75) is 0 Å². The third kappa shape index (κ3) is 4.72. The molecule has 0 radical (unpaired) electrons. The van der Waals surface area contributed by atoms with E-state index in [1.807, 2.05) is 48.5 Å². The molecule has 1 saturated heterocycles. The van der Waals surface area contributed by atoms with Crippen molar-refractivity contribution in [2.75, 3.05) is 56.7 Å². The fourth-order valence-corrected chi connectivity index (χ4v) is 3.12.